The Balaban J connectivity index is 1.69. The molecule has 2 heterocycles. The highest BCUT2D eigenvalue weighted by Crippen LogP contribution is 2.32. The van der Waals surface area contributed by atoms with E-state index in [4.69, 9.17) is 10.5 Å². The van der Waals surface area contributed by atoms with Crippen molar-refractivity contribution in [2.45, 2.75) is 0 Å². The Kier molecular flexibility index (Phi) is 4.63. The third-order valence-corrected chi connectivity index (χ3v) is 5.28. The number of anilines is 1. The van der Waals surface area contributed by atoms with E-state index in [1.807, 2.05) is 29.6 Å². The number of halogens is 2. The minimum Gasteiger partial charge on any atom is -0.497 e. The number of thiazole rings is 1. The summed E-state index contributed by atoms with van der Waals surface area (Å²) in [7, 11) is 1.62. The van der Waals surface area contributed by atoms with Gasteiger partial charge in [-0.3, -0.25) is 0 Å². The third kappa shape index (κ3) is 3.31. The van der Waals surface area contributed by atoms with Gasteiger partial charge in [0.2, 0.25) is 0 Å². The zero-order valence-electron chi connectivity index (χ0n) is 14.1. The first-order valence-electron chi connectivity index (χ1n) is 7.83. The van der Waals surface area contributed by atoms with Crippen molar-refractivity contribution in [2.24, 2.45) is 0 Å². The second-order valence-electron chi connectivity index (χ2n) is 5.60. The van der Waals surface area contributed by atoms with Crippen molar-refractivity contribution < 1.29 is 9.13 Å². The second-order valence-corrected chi connectivity index (χ2v) is 7.37. The van der Waals surface area contributed by atoms with Crippen LogP contribution < -0.4 is 10.5 Å². The molecule has 2 aromatic heterocycles. The lowest BCUT2D eigenvalue weighted by atomic mass is 10.2. The van der Waals surface area contributed by atoms with Crippen LogP contribution >= 0.6 is 27.3 Å². The molecule has 0 aliphatic heterocycles. The molecule has 2 aromatic carbocycles. The van der Waals surface area contributed by atoms with E-state index in [9.17, 15) is 4.39 Å². The predicted octanol–water partition coefficient (Wildman–Crippen LogP) is 4.55. The standard InChI is InChI=1S/C18H13BrFN5OS/c1-26-12-5-2-10(3-6-12)14-9-27-18(22-14)16-17(21)25(24-23-16)15-7-4-11(19)8-13(15)20/h2-9H,21H2,1H3. The molecule has 0 fully saturated rings. The number of rotatable bonds is 4. The zero-order chi connectivity index (χ0) is 19.0. The minimum absolute atomic E-state index is 0.224. The van der Waals surface area contributed by atoms with Crippen molar-refractivity contribution >= 4 is 33.1 Å². The van der Waals surface area contributed by atoms with E-state index in [1.54, 1.807) is 19.2 Å². The van der Waals surface area contributed by atoms with Crippen molar-refractivity contribution in [1.82, 2.24) is 20.0 Å². The molecule has 0 aliphatic rings. The van der Waals surface area contributed by atoms with Gasteiger partial charge < -0.3 is 10.5 Å². The van der Waals surface area contributed by atoms with Crippen LogP contribution in [0.15, 0.2) is 52.3 Å². The van der Waals surface area contributed by atoms with Gasteiger partial charge in [-0.1, -0.05) is 21.1 Å². The van der Waals surface area contributed by atoms with Gasteiger partial charge in [-0.15, -0.1) is 16.4 Å². The number of methoxy groups -OCH3 is 1. The summed E-state index contributed by atoms with van der Waals surface area (Å²) in [4.78, 5) is 4.59. The molecule has 4 aromatic rings. The molecular weight excluding hydrogens is 433 g/mol. The fourth-order valence-corrected chi connectivity index (χ4v) is 3.70. The van der Waals surface area contributed by atoms with Crippen LogP contribution in [0.3, 0.4) is 0 Å². The van der Waals surface area contributed by atoms with Crippen LogP contribution in [0.2, 0.25) is 0 Å². The van der Waals surface area contributed by atoms with Crippen molar-refractivity contribution in [1.29, 1.82) is 0 Å². The Bertz CT molecular complexity index is 1110. The summed E-state index contributed by atoms with van der Waals surface area (Å²) in [6, 6.07) is 12.2. The van der Waals surface area contributed by atoms with E-state index in [-0.39, 0.29) is 11.5 Å². The van der Waals surface area contributed by atoms with Crippen molar-refractivity contribution in [3.63, 3.8) is 0 Å². The van der Waals surface area contributed by atoms with Gasteiger partial charge in [0.05, 0.1) is 12.8 Å². The van der Waals surface area contributed by atoms with E-state index in [1.165, 1.54) is 22.1 Å². The van der Waals surface area contributed by atoms with E-state index in [0.717, 1.165) is 17.0 Å². The Morgan fingerprint density at radius 2 is 1.96 bits per heavy atom. The number of nitrogens with two attached hydrogens (primary N) is 1. The molecule has 4 rings (SSSR count). The van der Waals surface area contributed by atoms with Crippen LogP contribution in [0.5, 0.6) is 5.75 Å². The maximum atomic E-state index is 14.2. The number of benzene rings is 2. The lowest BCUT2D eigenvalue weighted by molar-refractivity contribution is 0.415. The Morgan fingerprint density at radius 1 is 1.19 bits per heavy atom. The molecule has 27 heavy (non-hydrogen) atoms. The molecule has 0 atom stereocenters. The molecule has 0 amide bonds. The highest BCUT2D eigenvalue weighted by Gasteiger charge is 2.18. The third-order valence-electron chi connectivity index (χ3n) is 3.94. The largest absolute Gasteiger partial charge is 0.497 e. The molecule has 2 N–H and O–H groups in total. The monoisotopic (exact) mass is 445 g/mol. The molecule has 0 radical (unpaired) electrons. The first-order valence-corrected chi connectivity index (χ1v) is 9.51. The lowest BCUT2D eigenvalue weighted by Gasteiger charge is -2.04. The highest BCUT2D eigenvalue weighted by atomic mass is 79.9. The van der Waals surface area contributed by atoms with E-state index < -0.39 is 5.82 Å². The number of nitrogen functional groups attached to an aromatic ring is 1. The summed E-state index contributed by atoms with van der Waals surface area (Å²) in [5.41, 5.74) is 8.55. The van der Waals surface area contributed by atoms with Gasteiger partial charge in [0.1, 0.15) is 22.3 Å². The molecule has 0 bridgehead atoms. The number of ether oxygens (including phenoxy) is 1. The summed E-state index contributed by atoms with van der Waals surface area (Å²) in [6.07, 6.45) is 0. The summed E-state index contributed by atoms with van der Waals surface area (Å²) < 4.78 is 21.3. The van der Waals surface area contributed by atoms with Crippen molar-refractivity contribution in [3.8, 4) is 33.4 Å². The molecule has 0 saturated heterocycles. The molecule has 0 saturated carbocycles. The van der Waals surface area contributed by atoms with Crippen LogP contribution in [0, 0.1) is 5.82 Å². The molecule has 0 spiro atoms. The van der Waals surface area contributed by atoms with E-state index >= 15 is 0 Å². The summed E-state index contributed by atoms with van der Waals surface area (Å²) in [6.45, 7) is 0. The quantitative estimate of drug-likeness (QED) is 0.498. The molecule has 0 unspecified atom stereocenters. The average molecular weight is 446 g/mol. The maximum absolute atomic E-state index is 14.2. The van der Waals surface area contributed by atoms with E-state index in [0.29, 0.717) is 15.2 Å². The predicted molar refractivity (Wildman–Crippen MR) is 107 cm³/mol. The highest BCUT2D eigenvalue weighted by molar-refractivity contribution is 9.10. The Hall–Kier alpha value is -2.78. The number of aromatic nitrogens is 4. The van der Waals surface area contributed by atoms with Gasteiger partial charge in [0.25, 0.3) is 0 Å². The van der Waals surface area contributed by atoms with Crippen LogP contribution in [0.1, 0.15) is 0 Å². The van der Waals surface area contributed by atoms with Crippen molar-refractivity contribution in [2.75, 3.05) is 12.8 Å². The molecule has 0 aliphatic carbocycles. The SMILES string of the molecule is COc1ccc(-c2csc(-c3nnn(-c4ccc(Br)cc4F)c3N)n2)cc1. The smallest absolute Gasteiger partial charge is 0.165 e. The topological polar surface area (TPSA) is 78.9 Å². The molecule has 136 valence electrons. The lowest BCUT2D eigenvalue weighted by Crippen LogP contribution is -2.04. The van der Waals surface area contributed by atoms with Gasteiger partial charge in [0.15, 0.2) is 11.5 Å². The Labute approximate surface area is 166 Å². The zero-order valence-corrected chi connectivity index (χ0v) is 16.5. The maximum Gasteiger partial charge on any atom is 0.165 e. The van der Waals surface area contributed by atoms with Crippen LogP contribution in [-0.4, -0.2) is 27.1 Å². The van der Waals surface area contributed by atoms with E-state index in [2.05, 4.69) is 31.2 Å². The summed E-state index contributed by atoms with van der Waals surface area (Å²) in [5.74, 6) is 0.551. The molecule has 9 heteroatoms. The fraction of sp³-hybridized carbons (Fsp3) is 0.0556. The Morgan fingerprint density at radius 3 is 2.67 bits per heavy atom. The van der Waals surface area contributed by atoms with Gasteiger partial charge >= 0.3 is 0 Å². The first-order chi connectivity index (χ1) is 13.1. The van der Waals surface area contributed by atoms with Crippen LogP contribution in [0.25, 0.3) is 27.6 Å². The van der Waals surface area contributed by atoms with Crippen LogP contribution in [0.4, 0.5) is 10.2 Å². The summed E-state index contributed by atoms with van der Waals surface area (Å²) >= 11 is 4.63. The number of hydrogen-bond acceptors (Lipinski definition) is 6. The van der Waals surface area contributed by atoms with Gasteiger partial charge in [-0.2, -0.15) is 4.68 Å². The molecular formula is C18H13BrFN5OS. The summed E-state index contributed by atoms with van der Waals surface area (Å²) in [5, 5.41) is 10.6. The second kappa shape index (κ2) is 7.09. The fourth-order valence-electron chi connectivity index (χ4n) is 2.55. The average Bonchev–Trinajstić information content (AvgIpc) is 3.29. The number of nitrogens with zero attached hydrogens (tertiary/aromatic N) is 4. The normalized spacial score (nSPS) is 10.9. The number of hydrogen-bond donors (Lipinski definition) is 1. The van der Waals surface area contributed by atoms with Crippen molar-refractivity contribution in [3.05, 3.63) is 58.1 Å². The first kappa shape index (κ1) is 17.6. The van der Waals surface area contributed by atoms with Gasteiger partial charge in [-0.05, 0) is 42.5 Å². The van der Waals surface area contributed by atoms with Gasteiger partial charge in [-0.25, -0.2) is 9.37 Å². The van der Waals surface area contributed by atoms with Gasteiger partial charge in [0, 0.05) is 15.4 Å². The van der Waals surface area contributed by atoms with Crippen LogP contribution in [-0.2, 0) is 0 Å². The minimum atomic E-state index is -0.453. The molecule has 6 nitrogen and oxygen atoms in total.